The minimum atomic E-state index is -0.422. The predicted molar refractivity (Wildman–Crippen MR) is 83.0 cm³/mol. The molecule has 0 heterocycles. The number of halogens is 1. The van der Waals surface area contributed by atoms with E-state index in [0.29, 0.717) is 13.0 Å². The van der Waals surface area contributed by atoms with E-state index in [1.54, 1.807) is 0 Å². The number of rotatable bonds is 5. The summed E-state index contributed by atoms with van der Waals surface area (Å²) >= 11 is 6.00. The summed E-state index contributed by atoms with van der Waals surface area (Å²) in [5, 5.41) is 0.731. The van der Waals surface area contributed by atoms with Gasteiger partial charge in [-0.2, -0.15) is 0 Å². The fourth-order valence-corrected chi connectivity index (χ4v) is 2.07. The average Bonchev–Trinajstić information content (AvgIpc) is 2.33. The Kier molecular flexibility index (Phi) is 6.03. The van der Waals surface area contributed by atoms with Crippen LogP contribution < -0.4 is 0 Å². The van der Waals surface area contributed by atoms with Gasteiger partial charge in [0.25, 0.3) is 0 Å². The Morgan fingerprint density at radius 1 is 1.40 bits per heavy atom. The van der Waals surface area contributed by atoms with Crippen molar-refractivity contribution < 1.29 is 9.53 Å². The fourth-order valence-electron chi connectivity index (χ4n) is 1.87. The van der Waals surface area contributed by atoms with E-state index in [2.05, 4.69) is 11.8 Å². The van der Waals surface area contributed by atoms with Gasteiger partial charge < -0.3 is 4.74 Å². The number of benzene rings is 1. The van der Waals surface area contributed by atoms with E-state index in [4.69, 9.17) is 16.3 Å². The molecule has 0 radical (unpaired) electrons. The van der Waals surface area contributed by atoms with Crippen LogP contribution in [0.4, 0.5) is 0 Å². The van der Waals surface area contributed by atoms with Crippen molar-refractivity contribution in [2.75, 3.05) is 13.6 Å². The largest absolute Gasteiger partial charge is 0.460 e. The first-order valence-corrected chi connectivity index (χ1v) is 7.24. The second-order valence-corrected chi connectivity index (χ2v) is 6.48. The number of nitrogens with zero attached hydrogens (tertiary/aromatic N) is 1. The van der Waals surface area contributed by atoms with Gasteiger partial charge in [-0.05, 0) is 52.4 Å². The minimum Gasteiger partial charge on any atom is -0.460 e. The Bertz CT molecular complexity index is 454. The third kappa shape index (κ3) is 5.93. The second-order valence-electron chi connectivity index (χ2n) is 6.05. The SMILES string of the molecule is CC(c1cccc(Cl)c1)N(C)CCC(=O)OC(C)(C)C. The number of hydrogen-bond acceptors (Lipinski definition) is 3. The lowest BCUT2D eigenvalue weighted by molar-refractivity contribution is -0.155. The maximum atomic E-state index is 11.7. The Morgan fingerprint density at radius 3 is 2.60 bits per heavy atom. The molecule has 0 bridgehead atoms. The highest BCUT2D eigenvalue weighted by molar-refractivity contribution is 6.30. The van der Waals surface area contributed by atoms with Gasteiger partial charge in [0, 0.05) is 17.6 Å². The number of esters is 1. The molecule has 3 nitrogen and oxygen atoms in total. The van der Waals surface area contributed by atoms with Gasteiger partial charge in [-0.3, -0.25) is 9.69 Å². The van der Waals surface area contributed by atoms with Gasteiger partial charge in [0.2, 0.25) is 0 Å². The molecule has 0 saturated carbocycles. The lowest BCUT2D eigenvalue weighted by atomic mass is 10.1. The van der Waals surface area contributed by atoms with Crippen molar-refractivity contribution in [3.8, 4) is 0 Å². The van der Waals surface area contributed by atoms with Gasteiger partial charge >= 0.3 is 5.97 Å². The van der Waals surface area contributed by atoms with Gasteiger partial charge in [-0.1, -0.05) is 23.7 Å². The topological polar surface area (TPSA) is 29.5 Å². The zero-order valence-corrected chi connectivity index (χ0v) is 13.7. The smallest absolute Gasteiger partial charge is 0.307 e. The number of carbonyl (C=O) groups excluding carboxylic acids is 1. The van der Waals surface area contributed by atoms with Gasteiger partial charge in [0.15, 0.2) is 0 Å². The highest BCUT2D eigenvalue weighted by Crippen LogP contribution is 2.22. The molecule has 1 aromatic carbocycles. The Hall–Kier alpha value is -1.06. The van der Waals surface area contributed by atoms with Crippen molar-refractivity contribution in [1.29, 1.82) is 0 Å². The molecule has 0 N–H and O–H groups in total. The normalized spacial score (nSPS) is 13.3. The van der Waals surface area contributed by atoms with Crippen molar-refractivity contribution in [3.63, 3.8) is 0 Å². The van der Waals surface area contributed by atoms with Crippen LogP contribution in [0.15, 0.2) is 24.3 Å². The molecule has 1 unspecified atom stereocenters. The van der Waals surface area contributed by atoms with Gasteiger partial charge in [0.1, 0.15) is 5.60 Å². The summed E-state index contributed by atoms with van der Waals surface area (Å²) in [5.41, 5.74) is 0.720. The molecular weight excluding hydrogens is 274 g/mol. The summed E-state index contributed by atoms with van der Waals surface area (Å²) in [6.45, 7) is 8.39. The zero-order valence-electron chi connectivity index (χ0n) is 12.9. The third-order valence-corrected chi connectivity index (χ3v) is 3.32. The van der Waals surface area contributed by atoms with E-state index >= 15 is 0 Å². The quantitative estimate of drug-likeness (QED) is 0.768. The van der Waals surface area contributed by atoms with Crippen LogP contribution in [0.25, 0.3) is 0 Å². The minimum absolute atomic E-state index is 0.164. The van der Waals surface area contributed by atoms with Crippen LogP contribution in [-0.4, -0.2) is 30.1 Å². The molecular formula is C16H24ClNO2. The van der Waals surface area contributed by atoms with E-state index in [1.807, 2.05) is 52.1 Å². The van der Waals surface area contributed by atoms with Crippen LogP contribution in [0.1, 0.15) is 45.7 Å². The first kappa shape index (κ1) is 17.0. The lowest BCUT2D eigenvalue weighted by Crippen LogP contribution is -2.29. The monoisotopic (exact) mass is 297 g/mol. The molecule has 0 fully saturated rings. The van der Waals surface area contributed by atoms with E-state index < -0.39 is 5.60 Å². The van der Waals surface area contributed by atoms with Crippen molar-refractivity contribution in [2.45, 2.75) is 45.8 Å². The zero-order chi connectivity index (χ0) is 15.3. The summed E-state index contributed by atoms with van der Waals surface area (Å²) in [6.07, 6.45) is 0.388. The fraction of sp³-hybridized carbons (Fsp3) is 0.562. The van der Waals surface area contributed by atoms with Crippen LogP contribution in [-0.2, 0) is 9.53 Å². The van der Waals surface area contributed by atoms with E-state index in [0.717, 1.165) is 10.6 Å². The summed E-state index contributed by atoms with van der Waals surface area (Å²) in [5.74, 6) is -0.164. The van der Waals surface area contributed by atoms with Crippen molar-refractivity contribution >= 4 is 17.6 Å². The molecule has 1 aromatic rings. The first-order chi connectivity index (χ1) is 9.19. The highest BCUT2D eigenvalue weighted by atomic mass is 35.5. The Morgan fingerprint density at radius 2 is 2.05 bits per heavy atom. The van der Waals surface area contributed by atoms with Gasteiger partial charge in [-0.15, -0.1) is 0 Å². The molecule has 0 aliphatic heterocycles. The molecule has 1 atom stereocenters. The predicted octanol–water partition coefficient (Wildman–Crippen LogP) is 4.06. The molecule has 0 saturated heterocycles. The van der Waals surface area contributed by atoms with Crippen LogP contribution in [0.3, 0.4) is 0 Å². The second kappa shape index (κ2) is 7.09. The van der Waals surface area contributed by atoms with Crippen LogP contribution in [0.2, 0.25) is 5.02 Å². The third-order valence-electron chi connectivity index (χ3n) is 3.08. The molecule has 1 rings (SSSR count). The molecule has 0 spiro atoms. The number of carbonyl (C=O) groups is 1. The van der Waals surface area contributed by atoms with Crippen molar-refractivity contribution in [1.82, 2.24) is 4.90 Å². The molecule has 0 aliphatic rings. The Labute approximate surface area is 126 Å². The molecule has 0 aromatic heterocycles. The molecule has 0 aliphatic carbocycles. The number of ether oxygens (including phenoxy) is 1. The first-order valence-electron chi connectivity index (χ1n) is 6.86. The van der Waals surface area contributed by atoms with Crippen LogP contribution in [0.5, 0.6) is 0 Å². The van der Waals surface area contributed by atoms with E-state index in [1.165, 1.54) is 0 Å². The molecule has 0 amide bonds. The van der Waals surface area contributed by atoms with Crippen molar-refractivity contribution in [2.24, 2.45) is 0 Å². The summed E-state index contributed by atoms with van der Waals surface area (Å²) in [4.78, 5) is 13.8. The average molecular weight is 298 g/mol. The van der Waals surface area contributed by atoms with Crippen LogP contribution in [0, 0.1) is 0 Å². The summed E-state index contributed by atoms with van der Waals surface area (Å²) < 4.78 is 5.31. The molecule has 4 heteroatoms. The maximum absolute atomic E-state index is 11.7. The molecule has 112 valence electrons. The summed E-state index contributed by atoms with van der Waals surface area (Å²) in [6, 6.07) is 8.00. The van der Waals surface area contributed by atoms with Crippen LogP contribution >= 0.6 is 11.6 Å². The standard InChI is InChI=1S/C16H24ClNO2/c1-12(13-7-6-8-14(17)11-13)18(5)10-9-15(19)20-16(2,3)4/h6-8,11-12H,9-10H2,1-5H3. The van der Waals surface area contributed by atoms with Gasteiger partial charge in [-0.25, -0.2) is 0 Å². The molecule has 20 heavy (non-hydrogen) atoms. The lowest BCUT2D eigenvalue weighted by Gasteiger charge is -2.26. The van der Waals surface area contributed by atoms with Crippen molar-refractivity contribution in [3.05, 3.63) is 34.9 Å². The van der Waals surface area contributed by atoms with E-state index in [9.17, 15) is 4.79 Å². The Balaban J connectivity index is 2.50. The van der Waals surface area contributed by atoms with Gasteiger partial charge in [0.05, 0.1) is 6.42 Å². The maximum Gasteiger partial charge on any atom is 0.307 e. The number of hydrogen-bond donors (Lipinski definition) is 0. The highest BCUT2D eigenvalue weighted by Gasteiger charge is 2.18. The summed E-state index contributed by atoms with van der Waals surface area (Å²) in [7, 11) is 2.00. The van der Waals surface area contributed by atoms with E-state index in [-0.39, 0.29) is 12.0 Å².